The van der Waals surface area contributed by atoms with Crippen LogP contribution in [0.2, 0.25) is 0 Å². The molecule has 3 aliphatic heterocycles. The molecule has 0 unspecified atom stereocenters. The number of fused-ring (bicyclic) bond motifs is 3. The van der Waals surface area contributed by atoms with Gasteiger partial charge in [-0.3, -0.25) is 0 Å². The van der Waals surface area contributed by atoms with E-state index in [0.717, 1.165) is 66.9 Å². The number of urea groups is 1. The maximum Gasteiger partial charge on any atom is 0.319 e. The lowest BCUT2D eigenvalue weighted by molar-refractivity contribution is 0.0988. The Hall–Kier alpha value is -3.79. The summed E-state index contributed by atoms with van der Waals surface area (Å²) in [7, 11) is 0. The lowest BCUT2D eigenvalue weighted by atomic mass is 10.0. The van der Waals surface area contributed by atoms with Gasteiger partial charge in [0.1, 0.15) is 17.5 Å². The summed E-state index contributed by atoms with van der Waals surface area (Å²) >= 11 is 0. The molecular formula is C26H30N8O2. The second-order valence-electron chi connectivity index (χ2n) is 9.49. The quantitative estimate of drug-likeness (QED) is 0.567. The fraction of sp³-hybridized carbons (Fsp3) is 0.423. The molecule has 0 saturated carbocycles. The van der Waals surface area contributed by atoms with Gasteiger partial charge in [-0.25, -0.2) is 24.7 Å². The van der Waals surface area contributed by atoms with E-state index < -0.39 is 0 Å². The Balaban J connectivity index is 1.34. The molecule has 2 bridgehead atoms. The first-order valence-corrected chi connectivity index (χ1v) is 12.6. The lowest BCUT2D eigenvalue weighted by Gasteiger charge is -2.34. The van der Waals surface area contributed by atoms with E-state index in [9.17, 15) is 4.79 Å². The number of rotatable bonds is 5. The molecule has 10 heteroatoms. The Morgan fingerprint density at radius 2 is 2.03 bits per heavy atom. The van der Waals surface area contributed by atoms with Crippen LogP contribution < -0.4 is 20.4 Å². The largest absolute Gasteiger partial charge is 0.374 e. The molecule has 2 saturated heterocycles. The van der Waals surface area contributed by atoms with Crippen LogP contribution >= 0.6 is 0 Å². The van der Waals surface area contributed by atoms with Crippen molar-refractivity contribution in [2.45, 2.75) is 45.4 Å². The third-order valence-corrected chi connectivity index (χ3v) is 7.04. The van der Waals surface area contributed by atoms with Gasteiger partial charge in [-0.2, -0.15) is 0 Å². The van der Waals surface area contributed by atoms with Crippen LogP contribution in [0.4, 0.5) is 22.1 Å². The zero-order valence-corrected chi connectivity index (χ0v) is 20.6. The van der Waals surface area contributed by atoms with E-state index in [1.165, 1.54) is 5.56 Å². The number of morpholine rings is 1. The van der Waals surface area contributed by atoms with Gasteiger partial charge in [0.25, 0.3) is 0 Å². The zero-order chi connectivity index (χ0) is 24.6. The first kappa shape index (κ1) is 22.7. The summed E-state index contributed by atoms with van der Waals surface area (Å²) in [5.41, 5.74) is 3.90. The van der Waals surface area contributed by atoms with Crippen LogP contribution in [-0.2, 0) is 17.7 Å². The Labute approximate surface area is 210 Å². The Morgan fingerprint density at radius 1 is 1.17 bits per heavy atom. The molecule has 2 fully saturated rings. The third kappa shape index (κ3) is 4.32. The van der Waals surface area contributed by atoms with Crippen LogP contribution in [0.15, 0.2) is 36.5 Å². The highest BCUT2D eigenvalue weighted by Gasteiger charge is 2.41. The van der Waals surface area contributed by atoms with Crippen molar-refractivity contribution in [1.29, 1.82) is 0 Å². The van der Waals surface area contributed by atoms with Gasteiger partial charge in [0.15, 0.2) is 5.82 Å². The molecule has 0 spiro atoms. The van der Waals surface area contributed by atoms with E-state index in [0.29, 0.717) is 25.0 Å². The monoisotopic (exact) mass is 486 g/mol. The van der Waals surface area contributed by atoms with Gasteiger partial charge >= 0.3 is 6.03 Å². The summed E-state index contributed by atoms with van der Waals surface area (Å²) in [6, 6.07) is 9.79. The molecule has 2 atom stereocenters. The lowest BCUT2D eigenvalue weighted by Crippen LogP contribution is -2.40. The number of anilines is 3. The van der Waals surface area contributed by atoms with Gasteiger partial charge in [0.05, 0.1) is 31.0 Å². The molecule has 0 radical (unpaired) electrons. The molecular weight excluding hydrogens is 456 g/mol. The molecule has 2 aromatic heterocycles. The fourth-order valence-electron chi connectivity index (χ4n) is 5.29. The number of carbonyl (C=O) groups excluding carboxylic acids is 1. The smallest absolute Gasteiger partial charge is 0.319 e. The van der Waals surface area contributed by atoms with Crippen molar-refractivity contribution in [2.75, 3.05) is 41.4 Å². The summed E-state index contributed by atoms with van der Waals surface area (Å²) in [6.07, 6.45) is 4.01. The average Bonchev–Trinajstić information content (AvgIpc) is 3.52. The molecule has 2 N–H and O–H groups in total. The number of amides is 2. The van der Waals surface area contributed by atoms with Crippen molar-refractivity contribution in [3.8, 4) is 11.4 Å². The molecule has 10 nitrogen and oxygen atoms in total. The highest BCUT2D eigenvalue weighted by Crippen LogP contribution is 2.37. The van der Waals surface area contributed by atoms with Crippen LogP contribution in [0.5, 0.6) is 0 Å². The van der Waals surface area contributed by atoms with Crippen molar-refractivity contribution in [2.24, 2.45) is 0 Å². The molecule has 5 heterocycles. The van der Waals surface area contributed by atoms with E-state index in [2.05, 4.69) is 30.4 Å². The van der Waals surface area contributed by atoms with Crippen molar-refractivity contribution in [1.82, 2.24) is 25.3 Å². The predicted molar refractivity (Wildman–Crippen MR) is 137 cm³/mol. The van der Waals surface area contributed by atoms with E-state index in [1.807, 2.05) is 44.2 Å². The second-order valence-corrected chi connectivity index (χ2v) is 9.49. The predicted octanol–water partition coefficient (Wildman–Crippen LogP) is 2.92. The number of ether oxygens (including phenoxy) is 1. The van der Waals surface area contributed by atoms with Gasteiger partial charge in [-0.1, -0.05) is 0 Å². The number of nitrogens with zero attached hydrogens (tertiary/aromatic N) is 6. The Bertz CT molecular complexity index is 1280. The molecule has 0 aliphatic carbocycles. The topological polar surface area (TPSA) is 108 Å². The molecule has 6 rings (SSSR count). The Kier molecular flexibility index (Phi) is 5.88. The van der Waals surface area contributed by atoms with Gasteiger partial charge < -0.3 is 25.2 Å². The molecule has 3 aliphatic rings. The summed E-state index contributed by atoms with van der Waals surface area (Å²) in [5, 5.41) is 5.59. The van der Waals surface area contributed by atoms with Crippen molar-refractivity contribution in [3.63, 3.8) is 0 Å². The van der Waals surface area contributed by atoms with E-state index in [1.54, 1.807) is 6.20 Å². The van der Waals surface area contributed by atoms with Crippen LogP contribution in [0, 0.1) is 6.92 Å². The standard InChI is InChI=1S/C26H30N8O2/c1-3-27-26(35)30-18-6-4-17(5-7-18)24-31-22-14-33(23-8-10-28-16(2)29-23)11-9-21(22)25(32-24)34-13-20-12-19(34)15-36-20/h4-8,10,19-20H,3,9,11-15H2,1-2H3,(H2,27,30,35)/t19-,20-/m0/s1. The SMILES string of the molecule is CCNC(=O)Nc1ccc(-c2nc3c(c(N4C[C@@H]5C[C@H]4CO5)n2)CCN(c2ccnc(C)n2)C3)cc1. The number of hydrogen-bond acceptors (Lipinski definition) is 8. The Morgan fingerprint density at radius 3 is 2.75 bits per heavy atom. The number of benzene rings is 1. The van der Waals surface area contributed by atoms with Gasteiger partial charge in [0.2, 0.25) is 0 Å². The summed E-state index contributed by atoms with van der Waals surface area (Å²) in [5.74, 6) is 3.41. The second kappa shape index (κ2) is 9.34. The fourth-order valence-corrected chi connectivity index (χ4v) is 5.29. The van der Waals surface area contributed by atoms with Gasteiger partial charge in [-0.15, -0.1) is 0 Å². The maximum absolute atomic E-state index is 11.9. The summed E-state index contributed by atoms with van der Waals surface area (Å²) in [6.45, 7) is 7.53. The normalized spacial score (nSPS) is 20.4. The number of aryl methyl sites for hydroxylation is 1. The van der Waals surface area contributed by atoms with Crippen LogP contribution in [0.25, 0.3) is 11.4 Å². The van der Waals surface area contributed by atoms with Crippen molar-refractivity contribution < 1.29 is 9.53 Å². The number of aromatic nitrogens is 4. The van der Waals surface area contributed by atoms with E-state index in [4.69, 9.17) is 14.7 Å². The molecule has 186 valence electrons. The van der Waals surface area contributed by atoms with Gasteiger partial charge in [-0.05, 0) is 57.0 Å². The minimum atomic E-state index is -0.219. The molecule has 36 heavy (non-hydrogen) atoms. The number of carbonyl (C=O) groups is 1. The maximum atomic E-state index is 11.9. The van der Waals surface area contributed by atoms with Crippen LogP contribution in [-0.4, -0.2) is 64.4 Å². The zero-order valence-electron chi connectivity index (χ0n) is 20.6. The van der Waals surface area contributed by atoms with Crippen LogP contribution in [0.3, 0.4) is 0 Å². The minimum Gasteiger partial charge on any atom is -0.374 e. The van der Waals surface area contributed by atoms with E-state index >= 15 is 0 Å². The van der Waals surface area contributed by atoms with Crippen molar-refractivity contribution in [3.05, 3.63) is 53.6 Å². The molecule has 2 amide bonds. The van der Waals surface area contributed by atoms with Crippen molar-refractivity contribution >= 4 is 23.4 Å². The third-order valence-electron chi connectivity index (χ3n) is 7.04. The summed E-state index contributed by atoms with van der Waals surface area (Å²) < 4.78 is 5.86. The van der Waals surface area contributed by atoms with E-state index in [-0.39, 0.29) is 12.1 Å². The average molecular weight is 487 g/mol. The number of nitrogens with one attached hydrogen (secondary N) is 2. The molecule has 1 aromatic carbocycles. The van der Waals surface area contributed by atoms with Gasteiger partial charge in [0, 0.05) is 42.6 Å². The first-order valence-electron chi connectivity index (χ1n) is 12.6. The highest BCUT2D eigenvalue weighted by atomic mass is 16.5. The highest BCUT2D eigenvalue weighted by molar-refractivity contribution is 5.89. The van der Waals surface area contributed by atoms with Crippen LogP contribution in [0.1, 0.15) is 30.4 Å². The first-order chi connectivity index (χ1) is 17.6. The summed E-state index contributed by atoms with van der Waals surface area (Å²) in [4.78, 5) is 35.6. The number of hydrogen-bond donors (Lipinski definition) is 2. The molecule has 3 aromatic rings. The minimum absolute atomic E-state index is 0.219.